The normalized spacial score (nSPS) is 13.0. The number of anilines is 2. The average Bonchev–Trinajstić information content (AvgIpc) is 3.29. The lowest BCUT2D eigenvalue weighted by molar-refractivity contribution is 0.364. The molecule has 2 aromatic carbocycles. The number of hydrogen-bond donors (Lipinski definition) is 1. The minimum absolute atomic E-state index is 0.0218. The van der Waals surface area contributed by atoms with Gasteiger partial charge in [0, 0.05) is 48.1 Å². The highest BCUT2D eigenvalue weighted by atomic mass is 32.1. The number of thiocarbonyl (C=S) groups is 1. The lowest BCUT2D eigenvalue weighted by atomic mass is 10.1. The summed E-state index contributed by atoms with van der Waals surface area (Å²) >= 11 is 5.95. The van der Waals surface area contributed by atoms with E-state index in [9.17, 15) is 0 Å². The molecule has 1 unspecified atom stereocenters. The maximum absolute atomic E-state index is 5.95. The highest BCUT2D eigenvalue weighted by Gasteiger charge is 2.38. The predicted octanol–water partition coefficient (Wildman–Crippen LogP) is 10.6. The minimum Gasteiger partial charge on any atom is -0.359 e. The lowest BCUT2D eigenvalue weighted by Crippen LogP contribution is -2.34. The summed E-state index contributed by atoms with van der Waals surface area (Å²) in [4.78, 5) is 8.55. The summed E-state index contributed by atoms with van der Waals surface area (Å²) in [6, 6.07) is 20.5. The summed E-state index contributed by atoms with van der Waals surface area (Å²) in [7, 11) is 0. The Hall–Kier alpha value is -4.14. The van der Waals surface area contributed by atoms with Crippen molar-refractivity contribution in [3.05, 3.63) is 121 Å². The van der Waals surface area contributed by atoms with Gasteiger partial charge in [-0.25, -0.2) is 0 Å². The number of rotatable bonds is 9. The monoisotopic (exact) mass is 596 g/mol. The van der Waals surface area contributed by atoms with Crippen LogP contribution in [-0.2, 0) is 6.54 Å². The molecule has 0 radical (unpaired) electrons. The maximum Gasteiger partial charge on any atom is 0.181 e. The van der Waals surface area contributed by atoms with Crippen molar-refractivity contribution in [3.63, 3.8) is 0 Å². The van der Waals surface area contributed by atoms with Crippen LogP contribution in [-0.4, -0.2) is 21.0 Å². The van der Waals surface area contributed by atoms with Gasteiger partial charge >= 0.3 is 0 Å². The van der Waals surface area contributed by atoms with Gasteiger partial charge in [0.1, 0.15) is 0 Å². The van der Waals surface area contributed by atoms with Crippen LogP contribution in [0, 0.1) is 19.8 Å². The Balaban J connectivity index is 0.00000158. The molecule has 1 aromatic heterocycles. The molecule has 1 atom stereocenters. The lowest BCUT2D eigenvalue weighted by Gasteiger charge is -2.26. The molecule has 4 nitrogen and oxygen atoms in total. The Morgan fingerprint density at radius 2 is 1.56 bits per heavy atom. The summed E-state index contributed by atoms with van der Waals surface area (Å²) < 4.78 is 0. The smallest absolute Gasteiger partial charge is 0.181 e. The first-order chi connectivity index (χ1) is 20.9. The molecule has 1 saturated heterocycles. The highest BCUT2D eigenvalue weighted by Crippen LogP contribution is 2.35. The zero-order valence-corrected chi connectivity index (χ0v) is 28.3. The molecule has 1 aliphatic heterocycles. The van der Waals surface area contributed by atoms with E-state index in [1.54, 1.807) is 6.20 Å². The summed E-state index contributed by atoms with van der Waals surface area (Å²) in [5, 5.41) is 4.17. The van der Waals surface area contributed by atoms with E-state index in [0.717, 1.165) is 39.0 Å². The number of nitrogens with zero attached hydrogens (tertiary/aromatic N) is 3. The molecule has 3 aromatic rings. The van der Waals surface area contributed by atoms with E-state index in [0.29, 0.717) is 13.0 Å². The quantitative estimate of drug-likeness (QED) is 0.196. The van der Waals surface area contributed by atoms with Crippen molar-refractivity contribution in [2.24, 2.45) is 0 Å². The van der Waals surface area contributed by atoms with Crippen molar-refractivity contribution in [2.75, 3.05) is 10.2 Å². The zero-order valence-electron chi connectivity index (χ0n) is 27.4. The van der Waals surface area contributed by atoms with Crippen molar-refractivity contribution in [2.45, 2.75) is 80.3 Å². The van der Waals surface area contributed by atoms with E-state index in [1.165, 1.54) is 18.4 Å². The van der Waals surface area contributed by atoms with Crippen LogP contribution in [0.3, 0.4) is 0 Å². The Bertz CT molecular complexity index is 1240. The second kappa shape index (κ2) is 22.5. The van der Waals surface area contributed by atoms with Crippen LogP contribution in [0.25, 0.3) is 6.08 Å². The van der Waals surface area contributed by atoms with Gasteiger partial charge in [-0.1, -0.05) is 116 Å². The molecule has 1 fully saturated rings. The van der Waals surface area contributed by atoms with Crippen molar-refractivity contribution >= 4 is 34.8 Å². The van der Waals surface area contributed by atoms with Crippen molar-refractivity contribution in [3.8, 4) is 12.8 Å². The van der Waals surface area contributed by atoms with Crippen LogP contribution in [0.15, 0.2) is 104 Å². The minimum atomic E-state index is -0.0218. The molecule has 4 rings (SSSR count). The third-order valence-electron chi connectivity index (χ3n) is 6.26. The van der Waals surface area contributed by atoms with Crippen LogP contribution < -0.4 is 10.2 Å². The van der Waals surface area contributed by atoms with Gasteiger partial charge in [0.2, 0.25) is 0 Å². The first-order valence-electron chi connectivity index (χ1n) is 15.1. The Kier molecular flexibility index (Phi) is 20.3. The van der Waals surface area contributed by atoms with E-state index in [-0.39, 0.29) is 6.04 Å². The third kappa shape index (κ3) is 12.3. The number of aryl methyl sites for hydroxylation is 1. The summed E-state index contributed by atoms with van der Waals surface area (Å²) in [6.07, 6.45) is 16.8. The Labute approximate surface area is 268 Å². The molecule has 1 aliphatic rings. The molecule has 0 amide bonds. The second-order valence-corrected chi connectivity index (χ2v) is 9.57. The van der Waals surface area contributed by atoms with E-state index >= 15 is 0 Å². The van der Waals surface area contributed by atoms with Crippen LogP contribution >= 0.6 is 12.2 Å². The van der Waals surface area contributed by atoms with E-state index in [2.05, 4.69) is 104 Å². The Morgan fingerprint density at radius 3 is 2.05 bits per heavy atom. The Morgan fingerprint density at radius 1 is 0.977 bits per heavy atom. The van der Waals surface area contributed by atoms with Crippen molar-refractivity contribution in [1.29, 1.82) is 0 Å². The van der Waals surface area contributed by atoms with Gasteiger partial charge in [0.25, 0.3) is 0 Å². The van der Waals surface area contributed by atoms with Gasteiger partial charge in [-0.15, -0.1) is 12.8 Å². The van der Waals surface area contributed by atoms with Gasteiger partial charge in [-0.3, -0.25) is 9.88 Å². The molecule has 2 heterocycles. The molecule has 230 valence electrons. The SMILES string of the molecule is C#C.C=Cc1ccc(NC(=C)CC2C(=C)N(c3ccc(C)cc3)C(=S)N2Cc2cccnc2)cc1.CC.CC.CCCC. The van der Waals surface area contributed by atoms with Crippen molar-refractivity contribution in [1.82, 2.24) is 9.88 Å². The van der Waals surface area contributed by atoms with E-state index in [1.807, 2.05) is 70.3 Å². The number of pyridine rings is 1. The van der Waals surface area contributed by atoms with E-state index < -0.39 is 0 Å². The van der Waals surface area contributed by atoms with Gasteiger partial charge in [0.05, 0.1) is 6.04 Å². The fourth-order valence-electron chi connectivity index (χ4n) is 3.97. The first kappa shape index (κ1) is 38.9. The van der Waals surface area contributed by atoms with Crippen LogP contribution in [0.1, 0.15) is 77.5 Å². The zero-order chi connectivity index (χ0) is 32.8. The summed E-state index contributed by atoms with van der Waals surface area (Å²) in [5.41, 5.74) is 7.24. The van der Waals surface area contributed by atoms with Gasteiger partial charge in [-0.2, -0.15) is 0 Å². The van der Waals surface area contributed by atoms with Crippen LogP contribution in [0.4, 0.5) is 11.4 Å². The number of benzene rings is 2. The summed E-state index contributed by atoms with van der Waals surface area (Å²) in [5.74, 6) is 0. The number of aromatic nitrogens is 1. The van der Waals surface area contributed by atoms with Gasteiger partial charge in [-0.05, 0) is 60.6 Å². The molecule has 1 N–H and O–H groups in total. The molecule has 0 aliphatic carbocycles. The molecule has 5 heteroatoms. The fourth-order valence-corrected chi connectivity index (χ4v) is 4.38. The topological polar surface area (TPSA) is 31.4 Å². The standard InChI is InChI=1S/C28H28N4S.C4H10.2C2H6.C2H2/c1-5-23-10-12-25(13-11-23)30-21(3)17-27-22(4)32(26-14-8-20(2)9-15-26)28(33)31(27)19-24-7-6-16-29-18-24;1-3-4-2;3*1-2/h5-16,18,27,30H,1,3-4,17,19H2,2H3;3-4H2,1-2H3;2*1-2H3;1-2H. The van der Waals surface area contributed by atoms with Gasteiger partial charge < -0.3 is 10.2 Å². The van der Waals surface area contributed by atoms with Crippen molar-refractivity contribution < 1.29 is 0 Å². The first-order valence-corrected chi connectivity index (χ1v) is 15.5. The van der Waals surface area contributed by atoms with E-state index in [4.69, 9.17) is 12.2 Å². The fraction of sp³-hybridized carbons (Fsp3) is 0.316. The van der Waals surface area contributed by atoms with Gasteiger partial charge in [0.15, 0.2) is 5.11 Å². The molecule has 0 saturated carbocycles. The molecule has 43 heavy (non-hydrogen) atoms. The number of hydrogen-bond acceptors (Lipinski definition) is 3. The highest BCUT2D eigenvalue weighted by molar-refractivity contribution is 7.80. The maximum atomic E-state index is 5.95. The number of nitrogens with one attached hydrogen (secondary N) is 1. The second-order valence-electron chi connectivity index (χ2n) is 9.21. The number of terminal acetylenes is 1. The molecule has 0 bridgehead atoms. The predicted molar refractivity (Wildman–Crippen MR) is 196 cm³/mol. The van der Waals surface area contributed by atoms with Crippen LogP contribution in [0.5, 0.6) is 0 Å². The largest absolute Gasteiger partial charge is 0.359 e. The molecular formula is C38H52N4S. The molecule has 0 spiro atoms. The average molecular weight is 597 g/mol. The third-order valence-corrected chi connectivity index (χ3v) is 6.68. The van der Waals surface area contributed by atoms with Crippen LogP contribution in [0.2, 0.25) is 0 Å². The summed E-state index contributed by atoms with van der Waals surface area (Å²) in [6.45, 7) is 27.6. The number of unbranched alkanes of at least 4 members (excludes halogenated alkanes) is 1. The molecular weight excluding hydrogens is 545 g/mol.